The normalized spacial score (nSPS) is 15.5. The number of hydrogen-bond donors (Lipinski definition) is 1. The monoisotopic (exact) mass is 331 g/mol. The van der Waals surface area contributed by atoms with E-state index in [0.717, 1.165) is 48.3 Å². The van der Waals surface area contributed by atoms with E-state index in [1.165, 1.54) is 0 Å². The molecular weight excluding hydrogens is 310 g/mol. The Morgan fingerprint density at radius 2 is 2.04 bits per heavy atom. The molecule has 2 heterocycles. The Bertz CT molecular complexity index is 651. The molecular formula is C17H21N3O2S. The lowest BCUT2D eigenvalue weighted by Crippen LogP contribution is -2.41. The number of aryl methyl sites for hydroxylation is 1. The van der Waals surface area contributed by atoms with Crippen LogP contribution in [0.3, 0.4) is 0 Å². The summed E-state index contributed by atoms with van der Waals surface area (Å²) >= 11 is 1.56. The van der Waals surface area contributed by atoms with Gasteiger partial charge in [0.25, 0.3) is 5.91 Å². The number of rotatable bonds is 5. The average molecular weight is 331 g/mol. The number of amides is 1. The van der Waals surface area contributed by atoms with Crippen molar-refractivity contribution in [3.8, 4) is 10.6 Å². The van der Waals surface area contributed by atoms with Crippen molar-refractivity contribution in [3.63, 3.8) is 0 Å². The summed E-state index contributed by atoms with van der Waals surface area (Å²) in [6.07, 6.45) is 0. The zero-order chi connectivity index (χ0) is 16.1. The number of morpholine rings is 1. The Morgan fingerprint density at radius 3 is 2.78 bits per heavy atom. The molecule has 2 aromatic rings. The molecule has 1 aromatic heterocycles. The third-order valence-electron chi connectivity index (χ3n) is 3.85. The van der Waals surface area contributed by atoms with Crippen molar-refractivity contribution in [3.05, 3.63) is 40.9 Å². The van der Waals surface area contributed by atoms with Gasteiger partial charge in [-0.2, -0.15) is 0 Å². The van der Waals surface area contributed by atoms with E-state index in [0.29, 0.717) is 12.2 Å². The van der Waals surface area contributed by atoms with Crippen LogP contribution in [0.25, 0.3) is 10.6 Å². The van der Waals surface area contributed by atoms with Gasteiger partial charge in [-0.05, 0) is 6.92 Å². The highest BCUT2D eigenvalue weighted by molar-refractivity contribution is 7.15. The molecule has 0 aliphatic carbocycles. The standard InChI is InChI=1S/C17H21N3O2S/c1-13-15(19-17(23-13)14-5-3-2-4-6-14)16(21)18-7-8-20-9-11-22-12-10-20/h2-6H,7-12H2,1H3,(H,18,21). The zero-order valence-corrected chi connectivity index (χ0v) is 14.1. The average Bonchev–Trinajstić information content (AvgIpc) is 2.98. The van der Waals surface area contributed by atoms with Gasteiger partial charge >= 0.3 is 0 Å². The van der Waals surface area contributed by atoms with Crippen molar-refractivity contribution in [1.29, 1.82) is 0 Å². The van der Waals surface area contributed by atoms with Crippen molar-refractivity contribution in [2.75, 3.05) is 39.4 Å². The molecule has 6 heteroatoms. The summed E-state index contributed by atoms with van der Waals surface area (Å²) in [6, 6.07) is 9.96. The summed E-state index contributed by atoms with van der Waals surface area (Å²) in [7, 11) is 0. The summed E-state index contributed by atoms with van der Waals surface area (Å²) < 4.78 is 5.32. The molecule has 1 aliphatic rings. The Balaban J connectivity index is 1.58. The smallest absolute Gasteiger partial charge is 0.271 e. The maximum atomic E-state index is 12.3. The SMILES string of the molecule is Cc1sc(-c2ccccc2)nc1C(=O)NCCN1CCOCC1. The minimum absolute atomic E-state index is 0.0887. The Kier molecular flexibility index (Phi) is 5.38. The van der Waals surface area contributed by atoms with E-state index < -0.39 is 0 Å². The molecule has 1 amide bonds. The van der Waals surface area contributed by atoms with E-state index in [-0.39, 0.29) is 5.91 Å². The molecule has 1 N–H and O–H groups in total. The largest absolute Gasteiger partial charge is 0.379 e. The highest BCUT2D eigenvalue weighted by Gasteiger charge is 2.16. The fraction of sp³-hybridized carbons (Fsp3) is 0.412. The van der Waals surface area contributed by atoms with Crippen LogP contribution in [0.1, 0.15) is 15.4 Å². The van der Waals surface area contributed by atoms with Gasteiger partial charge in [-0.15, -0.1) is 11.3 Å². The Hall–Kier alpha value is -1.76. The number of carbonyl (C=O) groups is 1. The van der Waals surface area contributed by atoms with E-state index in [1.54, 1.807) is 11.3 Å². The molecule has 122 valence electrons. The molecule has 1 aliphatic heterocycles. The van der Waals surface area contributed by atoms with Crippen LogP contribution in [0.4, 0.5) is 0 Å². The summed E-state index contributed by atoms with van der Waals surface area (Å²) in [5.41, 5.74) is 1.59. The molecule has 0 radical (unpaired) electrons. The molecule has 0 bridgehead atoms. The van der Waals surface area contributed by atoms with Gasteiger partial charge in [-0.3, -0.25) is 9.69 Å². The van der Waals surface area contributed by atoms with Crippen molar-refractivity contribution in [2.24, 2.45) is 0 Å². The fourth-order valence-corrected chi connectivity index (χ4v) is 3.46. The maximum absolute atomic E-state index is 12.3. The second-order valence-corrected chi connectivity index (χ2v) is 6.70. The van der Waals surface area contributed by atoms with Gasteiger partial charge in [0.1, 0.15) is 10.7 Å². The third kappa shape index (κ3) is 4.16. The second-order valence-electron chi connectivity index (χ2n) is 5.50. The number of thiazole rings is 1. The topological polar surface area (TPSA) is 54.5 Å². The lowest BCUT2D eigenvalue weighted by molar-refractivity contribution is 0.0383. The number of carbonyl (C=O) groups excluding carboxylic acids is 1. The van der Waals surface area contributed by atoms with Gasteiger partial charge in [-0.25, -0.2) is 4.98 Å². The minimum Gasteiger partial charge on any atom is -0.379 e. The summed E-state index contributed by atoms with van der Waals surface area (Å²) in [5.74, 6) is -0.0887. The molecule has 0 spiro atoms. The molecule has 1 aromatic carbocycles. The number of hydrogen-bond acceptors (Lipinski definition) is 5. The first kappa shape index (κ1) is 16.1. The fourth-order valence-electron chi connectivity index (χ4n) is 2.55. The van der Waals surface area contributed by atoms with E-state index in [9.17, 15) is 4.79 Å². The number of ether oxygens (including phenoxy) is 1. The van der Waals surface area contributed by atoms with Crippen LogP contribution in [-0.2, 0) is 4.74 Å². The lowest BCUT2D eigenvalue weighted by atomic mass is 10.2. The van der Waals surface area contributed by atoms with Crippen LogP contribution in [0.5, 0.6) is 0 Å². The Morgan fingerprint density at radius 1 is 1.30 bits per heavy atom. The second kappa shape index (κ2) is 7.68. The van der Waals surface area contributed by atoms with Crippen LogP contribution in [0.15, 0.2) is 30.3 Å². The lowest BCUT2D eigenvalue weighted by Gasteiger charge is -2.26. The molecule has 23 heavy (non-hydrogen) atoms. The van der Waals surface area contributed by atoms with Gasteiger partial charge in [0.05, 0.1) is 13.2 Å². The van der Waals surface area contributed by atoms with E-state index in [2.05, 4.69) is 15.2 Å². The Labute approximate surface area is 140 Å². The van der Waals surface area contributed by atoms with Crippen molar-refractivity contribution in [1.82, 2.24) is 15.2 Å². The molecule has 0 saturated carbocycles. The minimum atomic E-state index is -0.0887. The highest BCUT2D eigenvalue weighted by Crippen LogP contribution is 2.27. The molecule has 1 fully saturated rings. The van der Waals surface area contributed by atoms with Crippen LogP contribution in [0, 0.1) is 6.92 Å². The van der Waals surface area contributed by atoms with Gasteiger partial charge in [0.15, 0.2) is 0 Å². The first-order valence-corrected chi connectivity index (χ1v) is 8.67. The quantitative estimate of drug-likeness (QED) is 0.912. The number of nitrogens with one attached hydrogen (secondary N) is 1. The summed E-state index contributed by atoms with van der Waals surface area (Å²) in [5, 5.41) is 3.86. The first-order chi connectivity index (χ1) is 11.2. The van der Waals surface area contributed by atoms with Gasteiger partial charge in [-0.1, -0.05) is 30.3 Å². The van der Waals surface area contributed by atoms with Crippen LogP contribution in [-0.4, -0.2) is 55.2 Å². The highest BCUT2D eigenvalue weighted by atomic mass is 32.1. The van der Waals surface area contributed by atoms with E-state index in [1.807, 2.05) is 37.3 Å². The van der Waals surface area contributed by atoms with E-state index in [4.69, 9.17) is 4.74 Å². The van der Waals surface area contributed by atoms with Crippen molar-refractivity contribution >= 4 is 17.2 Å². The number of aromatic nitrogens is 1. The van der Waals surface area contributed by atoms with Gasteiger partial charge in [0.2, 0.25) is 0 Å². The molecule has 3 rings (SSSR count). The zero-order valence-electron chi connectivity index (χ0n) is 13.2. The third-order valence-corrected chi connectivity index (χ3v) is 4.87. The molecule has 0 unspecified atom stereocenters. The van der Waals surface area contributed by atoms with Gasteiger partial charge < -0.3 is 10.1 Å². The maximum Gasteiger partial charge on any atom is 0.271 e. The van der Waals surface area contributed by atoms with Crippen molar-refractivity contribution in [2.45, 2.75) is 6.92 Å². The van der Waals surface area contributed by atoms with E-state index >= 15 is 0 Å². The summed E-state index contributed by atoms with van der Waals surface area (Å²) in [6.45, 7) is 6.86. The predicted molar refractivity (Wildman–Crippen MR) is 91.9 cm³/mol. The first-order valence-electron chi connectivity index (χ1n) is 7.85. The van der Waals surface area contributed by atoms with Gasteiger partial charge in [0, 0.05) is 36.6 Å². The van der Waals surface area contributed by atoms with Crippen LogP contribution >= 0.6 is 11.3 Å². The predicted octanol–water partition coefficient (Wildman–Crippen LogP) is 2.18. The molecule has 0 atom stereocenters. The molecule has 1 saturated heterocycles. The summed E-state index contributed by atoms with van der Waals surface area (Å²) in [4.78, 5) is 20.1. The van der Waals surface area contributed by atoms with Crippen LogP contribution in [0.2, 0.25) is 0 Å². The number of nitrogens with zero attached hydrogens (tertiary/aromatic N) is 2. The molecule has 5 nitrogen and oxygen atoms in total. The number of benzene rings is 1. The van der Waals surface area contributed by atoms with Crippen LogP contribution < -0.4 is 5.32 Å². The van der Waals surface area contributed by atoms with Crippen molar-refractivity contribution < 1.29 is 9.53 Å².